The Morgan fingerprint density at radius 2 is 2.05 bits per heavy atom. The Kier molecular flexibility index (Phi) is 3.11. The second-order valence-corrected chi connectivity index (χ2v) is 6.17. The Morgan fingerprint density at radius 3 is 2.73 bits per heavy atom. The van der Waals surface area contributed by atoms with Crippen LogP contribution in [-0.4, -0.2) is 43.1 Å². The van der Waals surface area contributed by atoms with Gasteiger partial charge in [0.25, 0.3) is 5.91 Å². The minimum atomic E-state index is 0.0293. The maximum absolute atomic E-state index is 13.0. The largest absolute Gasteiger partial charge is 0.497 e. The van der Waals surface area contributed by atoms with Gasteiger partial charge in [-0.05, 0) is 31.9 Å². The smallest absolute Gasteiger partial charge is 0.290 e. The van der Waals surface area contributed by atoms with Crippen LogP contribution in [0.15, 0.2) is 22.6 Å². The van der Waals surface area contributed by atoms with E-state index < -0.39 is 0 Å². The van der Waals surface area contributed by atoms with Crippen LogP contribution < -0.4 is 10.1 Å². The van der Waals surface area contributed by atoms with Gasteiger partial charge in [-0.2, -0.15) is 0 Å². The fourth-order valence-corrected chi connectivity index (χ4v) is 3.76. The highest BCUT2D eigenvalue weighted by atomic mass is 16.5. The van der Waals surface area contributed by atoms with Crippen molar-refractivity contribution in [2.75, 3.05) is 20.2 Å². The molecule has 2 aliphatic heterocycles. The first-order valence-electron chi connectivity index (χ1n) is 7.79. The van der Waals surface area contributed by atoms with Gasteiger partial charge in [0, 0.05) is 42.2 Å². The number of piperazine rings is 1. The summed E-state index contributed by atoms with van der Waals surface area (Å²) in [5.41, 5.74) is 1.63. The minimum Gasteiger partial charge on any atom is -0.497 e. The molecule has 0 saturated carbocycles. The van der Waals surface area contributed by atoms with Crippen molar-refractivity contribution >= 4 is 16.9 Å². The summed E-state index contributed by atoms with van der Waals surface area (Å²) in [6.07, 6.45) is 2.16. The van der Waals surface area contributed by atoms with Crippen LogP contribution in [-0.2, 0) is 0 Å². The summed E-state index contributed by atoms with van der Waals surface area (Å²) in [5.74, 6) is 1.24. The highest BCUT2D eigenvalue weighted by molar-refractivity contribution is 5.99. The Labute approximate surface area is 129 Å². The molecule has 0 unspecified atom stereocenters. The fraction of sp³-hybridized carbons (Fsp3) is 0.471. The van der Waals surface area contributed by atoms with Crippen LogP contribution in [0.2, 0.25) is 0 Å². The molecule has 5 nitrogen and oxygen atoms in total. The highest BCUT2D eigenvalue weighted by Gasteiger charge is 2.41. The molecule has 0 radical (unpaired) electrons. The van der Waals surface area contributed by atoms with Gasteiger partial charge in [0.05, 0.1) is 7.11 Å². The SMILES string of the molecule is COc1ccc2c(C)c(C(=O)N3[C@@H]4CC[C@H]3CNC4)oc2c1. The Balaban J connectivity index is 1.74. The van der Waals surface area contributed by atoms with Crippen molar-refractivity contribution in [2.45, 2.75) is 31.8 Å². The molecule has 1 aromatic heterocycles. The minimum absolute atomic E-state index is 0.0293. The highest BCUT2D eigenvalue weighted by Crippen LogP contribution is 2.33. The number of methoxy groups -OCH3 is 1. The Hall–Kier alpha value is -2.01. The van der Waals surface area contributed by atoms with Crippen LogP contribution in [0.1, 0.15) is 29.0 Å². The van der Waals surface area contributed by atoms with Gasteiger partial charge in [-0.1, -0.05) is 0 Å². The lowest BCUT2D eigenvalue weighted by atomic mass is 10.1. The number of fused-ring (bicyclic) bond motifs is 3. The lowest BCUT2D eigenvalue weighted by Gasteiger charge is -2.34. The Morgan fingerprint density at radius 1 is 1.32 bits per heavy atom. The molecule has 0 spiro atoms. The second kappa shape index (κ2) is 5.02. The van der Waals surface area contributed by atoms with Crippen LogP contribution in [0.4, 0.5) is 0 Å². The number of rotatable bonds is 2. The van der Waals surface area contributed by atoms with Gasteiger partial charge in [-0.25, -0.2) is 0 Å². The van der Waals surface area contributed by atoms with E-state index in [0.717, 1.165) is 42.6 Å². The summed E-state index contributed by atoms with van der Waals surface area (Å²) in [6, 6.07) is 6.29. The van der Waals surface area contributed by atoms with Crippen LogP contribution in [0, 0.1) is 6.92 Å². The molecule has 4 rings (SSSR count). The lowest BCUT2D eigenvalue weighted by Crippen LogP contribution is -2.54. The maximum atomic E-state index is 13.0. The standard InChI is InChI=1S/C17H20N2O3/c1-10-14-6-5-13(21-2)7-15(14)22-16(10)17(20)19-11-3-4-12(19)9-18-8-11/h5-7,11-12,18H,3-4,8-9H2,1-2H3/t11-,12+. The molecule has 1 aromatic carbocycles. The van der Waals surface area contributed by atoms with E-state index in [9.17, 15) is 4.79 Å². The van der Waals surface area contributed by atoms with E-state index in [2.05, 4.69) is 5.32 Å². The maximum Gasteiger partial charge on any atom is 0.290 e. The number of hydrogen-bond acceptors (Lipinski definition) is 4. The third-order valence-corrected chi connectivity index (χ3v) is 4.95. The molecule has 2 aliphatic rings. The number of carbonyl (C=O) groups excluding carboxylic acids is 1. The fourth-order valence-electron chi connectivity index (χ4n) is 3.76. The van der Waals surface area contributed by atoms with Crippen LogP contribution in [0.3, 0.4) is 0 Å². The number of amides is 1. The molecule has 22 heavy (non-hydrogen) atoms. The molecular weight excluding hydrogens is 280 g/mol. The number of furan rings is 1. The predicted molar refractivity (Wildman–Crippen MR) is 83.4 cm³/mol. The van der Waals surface area contributed by atoms with Crippen LogP contribution in [0.25, 0.3) is 11.0 Å². The van der Waals surface area contributed by atoms with Crippen molar-refractivity contribution in [2.24, 2.45) is 0 Å². The monoisotopic (exact) mass is 300 g/mol. The van der Waals surface area contributed by atoms with Gasteiger partial charge >= 0.3 is 0 Å². The number of nitrogens with zero attached hydrogens (tertiary/aromatic N) is 1. The topological polar surface area (TPSA) is 54.7 Å². The van der Waals surface area contributed by atoms with E-state index in [0.29, 0.717) is 23.4 Å². The van der Waals surface area contributed by atoms with E-state index in [1.165, 1.54) is 0 Å². The second-order valence-electron chi connectivity index (χ2n) is 6.17. The molecule has 2 aromatic rings. The normalized spacial score (nSPS) is 24.0. The average molecular weight is 300 g/mol. The van der Waals surface area contributed by atoms with Crippen LogP contribution >= 0.6 is 0 Å². The molecule has 1 N–H and O–H groups in total. The molecule has 1 amide bonds. The van der Waals surface area contributed by atoms with Gasteiger partial charge in [-0.3, -0.25) is 4.79 Å². The number of benzene rings is 1. The van der Waals surface area contributed by atoms with E-state index in [1.807, 2.05) is 30.0 Å². The first kappa shape index (κ1) is 13.6. The van der Waals surface area contributed by atoms with Crippen molar-refractivity contribution in [3.8, 4) is 5.75 Å². The number of nitrogens with one attached hydrogen (secondary N) is 1. The summed E-state index contributed by atoms with van der Waals surface area (Å²) in [5, 5.41) is 4.38. The average Bonchev–Trinajstić information content (AvgIpc) is 3.00. The number of ether oxygens (including phenoxy) is 1. The summed E-state index contributed by atoms with van der Waals surface area (Å²) in [4.78, 5) is 15.0. The van der Waals surface area contributed by atoms with Crippen molar-refractivity contribution in [1.29, 1.82) is 0 Å². The van der Waals surface area contributed by atoms with E-state index >= 15 is 0 Å². The zero-order valence-corrected chi connectivity index (χ0v) is 12.9. The molecule has 0 aliphatic carbocycles. The summed E-state index contributed by atoms with van der Waals surface area (Å²) < 4.78 is 11.1. The summed E-state index contributed by atoms with van der Waals surface area (Å²) in [7, 11) is 1.63. The van der Waals surface area contributed by atoms with Gasteiger partial charge in [-0.15, -0.1) is 0 Å². The molecule has 116 valence electrons. The first-order valence-corrected chi connectivity index (χ1v) is 7.79. The predicted octanol–water partition coefficient (Wildman–Crippen LogP) is 2.33. The molecular formula is C17H20N2O3. The van der Waals surface area contributed by atoms with Gasteiger partial charge < -0.3 is 19.4 Å². The third-order valence-electron chi connectivity index (χ3n) is 4.95. The molecule has 2 fully saturated rings. The Bertz CT molecular complexity index is 721. The first-order chi connectivity index (χ1) is 10.7. The van der Waals surface area contributed by atoms with E-state index in [1.54, 1.807) is 7.11 Å². The summed E-state index contributed by atoms with van der Waals surface area (Å²) >= 11 is 0. The summed E-state index contributed by atoms with van der Waals surface area (Å²) in [6.45, 7) is 3.72. The van der Waals surface area contributed by atoms with Gasteiger partial charge in [0.15, 0.2) is 5.76 Å². The van der Waals surface area contributed by atoms with E-state index in [-0.39, 0.29) is 5.91 Å². The molecule has 5 heteroatoms. The zero-order chi connectivity index (χ0) is 15.3. The molecule has 2 atom stereocenters. The van der Waals surface area contributed by atoms with Crippen LogP contribution in [0.5, 0.6) is 5.75 Å². The lowest BCUT2D eigenvalue weighted by molar-refractivity contribution is 0.0588. The molecule has 2 saturated heterocycles. The zero-order valence-electron chi connectivity index (χ0n) is 12.9. The van der Waals surface area contributed by atoms with Gasteiger partial charge in [0.1, 0.15) is 11.3 Å². The van der Waals surface area contributed by atoms with Crippen molar-refractivity contribution in [3.05, 3.63) is 29.5 Å². The number of aryl methyl sites for hydroxylation is 1. The number of hydrogen-bond donors (Lipinski definition) is 1. The van der Waals surface area contributed by atoms with E-state index in [4.69, 9.17) is 9.15 Å². The van der Waals surface area contributed by atoms with Crippen molar-refractivity contribution < 1.29 is 13.9 Å². The molecule has 3 heterocycles. The number of carbonyl (C=O) groups is 1. The molecule has 2 bridgehead atoms. The third kappa shape index (κ3) is 1.92. The quantitative estimate of drug-likeness (QED) is 0.925. The van der Waals surface area contributed by atoms with Gasteiger partial charge in [0.2, 0.25) is 0 Å². The van der Waals surface area contributed by atoms with Crippen molar-refractivity contribution in [3.63, 3.8) is 0 Å². The van der Waals surface area contributed by atoms with Crippen molar-refractivity contribution in [1.82, 2.24) is 10.2 Å².